The minimum absolute atomic E-state index is 0.0473. The van der Waals surface area contributed by atoms with Crippen molar-refractivity contribution in [3.8, 4) is 0 Å². The van der Waals surface area contributed by atoms with Crippen LogP contribution in [0.25, 0.3) is 0 Å². The number of aliphatic hydroxyl groups is 3. The molecule has 1 amide bonds. The molecule has 5 N–H and O–H groups in total. The molecule has 0 radical (unpaired) electrons. The lowest BCUT2D eigenvalue weighted by atomic mass is 10.1. The molecule has 0 bridgehead atoms. The first kappa shape index (κ1) is 29.1. The van der Waals surface area contributed by atoms with Gasteiger partial charge in [-0.25, -0.2) is 4.79 Å². The Kier molecular flexibility index (Phi) is 9.03. The normalized spacial score (nSPS) is 24.8. The molecule has 2 heterocycles. The molecule has 1 fully saturated rings. The number of carbonyl (C=O) groups is 1. The third-order valence-corrected chi connectivity index (χ3v) is 8.10. The highest BCUT2D eigenvalue weighted by Gasteiger charge is 2.44. The van der Waals surface area contributed by atoms with Crippen LogP contribution in [0.4, 0.5) is 5.69 Å². The maximum absolute atomic E-state index is 12.5. The van der Waals surface area contributed by atoms with Crippen LogP contribution in [-0.2, 0) is 40.3 Å². The summed E-state index contributed by atoms with van der Waals surface area (Å²) in [6, 6.07) is 4.93. The number of phosphoric acid groups is 1. The van der Waals surface area contributed by atoms with E-state index in [9.17, 15) is 48.6 Å². The van der Waals surface area contributed by atoms with E-state index < -0.39 is 76.5 Å². The van der Waals surface area contributed by atoms with Gasteiger partial charge in [0.2, 0.25) is 5.91 Å². The average Bonchev–Trinajstić information content (AvgIpc) is 3.06. The summed E-state index contributed by atoms with van der Waals surface area (Å²) in [6.07, 6.45) is -6.56. The molecule has 18 heteroatoms. The highest BCUT2D eigenvalue weighted by atomic mass is 31.3. The zero-order valence-electron chi connectivity index (χ0n) is 19.1. The van der Waals surface area contributed by atoms with Crippen molar-refractivity contribution in [2.75, 3.05) is 11.9 Å². The van der Waals surface area contributed by atoms with E-state index in [1.807, 2.05) is 4.98 Å². The van der Waals surface area contributed by atoms with E-state index >= 15 is 0 Å². The van der Waals surface area contributed by atoms with E-state index in [2.05, 4.69) is 14.2 Å². The number of nitrogens with one attached hydrogen (secondary N) is 2. The molecule has 37 heavy (non-hydrogen) atoms. The summed E-state index contributed by atoms with van der Waals surface area (Å²) in [5, 5.41) is 32.0. The molecule has 1 saturated heterocycles. The molecule has 1 aliphatic heterocycles. The lowest BCUT2D eigenvalue weighted by Gasteiger charge is -2.32. The Hall–Kier alpha value is -2.49. The number of nitrogens with zero attached hydrogens (tertiary/aromatic N) is 1. The summed E-state index contributed by atoms with van der Waals surface area (Å²) in [5.74, 6) is -0.530. The van der Waals surface area contributed by atoms with Crippen molar-refractivity contribution < 1.29 is 52.6 Å². The molecule has 16 nitrogen and oxygen atoms in total. The first-order valence-corrected chi connectivity index (χ1v) is 13.7. The third-order valence-electron chi connectivity index (χ3n) is 5.11. The fourth-order valence-corrected chi connectivity index (χ4v) is 6.14. The van der Waals surface area contributed by atoms with E-state index in [0.29, 0.717) is 0 Å². The summed E-state index contributed by atoms with van der Waals surface area (Å²) >= 11 is 0. The first-order chi connectivity index (χ1) is 17.2. The molecule has 1 aliphatic rings. The molecular weight excluding hydrogens is 540 g/mol. The number of H-pyrrole nitrogens is 1. The molecule has 3 unspecified atom stereocenters. The van der Waals surface area contributed by atoms with Gasteiger partial charge in [0.1, 0.15) is 25.9 Å². The highest BCUT2D eigenvalue weighted by molar-refractivity contribution is 7.62. The van der Waals surface area contributed by atoms with Gasteiger partial charge in [0.15, 0.2) is 6.23 Å². The number of carbonyl (C=O) groups excluding carboxylic acids is 1. The Morgan fingerprint density at radius 1 is 1.22 bits per heavy atom. The van der Waals surface area contributed by atoms with Crippen molar-refractivity contribution in [3.05, 3.63) is 62.4 Å². The van der Waals surface area contributed by atoms with Gasteiger partial charge in [0.05, 0.1) is 13.2 Å². The van der Waals surface area contributed by atoms with Gasteiger partial charge in [-0.1, -0.05) is 12.1 Å². The first-order valence-electron chi connectivity index (χ1n) is 10.5. The van der Waals surface area contributed by atoms with E-state index in [1.165, 1.54) is 25.1 Å². The van der Waals surface area contributed by atoms with Crippen molar-refractivity contribution in [2.24, 2.45) is 0 Å². The zero-order valence-corrected chi connectivity index (χ0v) is 20.9. The molecule has 0 aliphatic carbocycles. The van der Waals surface area contributed by atoms with Crippen molar-refractivity contribution in [3.63, 3.8) is 0 Å². The topological polar surface area (TPSA) is 253 Å². The van der Waals surface area contributed by atoms with Crippen LogP contribution in [0.3, 0.4) is 0 Å². The van der Waals surface area contributed by atoms with Gasteiger partial charge in [0, 0.05) is 31.0 Å². The molecule has 1 aromatic carbocycles. The van der Waals surface area contributed by atoms with Crippen LogP contribution >= 0.6 is 15.4 Å². The van der Waals surface area contributed by atoms with E-state index in [0.717, 1.165) is 16.8 Å². The predicted molar refractivity (Wildman–Crippen MR) is 120 cm³/mol. The van der Waals surface area contributed by atoms with E-state index in [1.54, 1.807) is 0 Å². The Bertz CT molecular complexity index is 1360. The smallest absolute Gasteiger partial charge is 0.330 e. The Labute approximate surface area is 208 Å². The van der Waals surface area contributed by atoms with Crippen molar-refractivity contribution in [1.82, 2.24) is 9.55 Å². The van der Waals surface area contributed by atoms with Crippen LogP contribution in [0, 0.1) is 0 Å². The number of ether oxygens (including phenoxy) is 1. The SMILES string of the molecule is CC(=O)Nc1ccc(CO)cc1CP(=O)([O-])OP(=O)([O-])OC[C@H]1O[C@@H](n2ccc(=O)[nH]c2=O)C(O)[C@H]1O. The summed E-state index contributed by atoms with van der Waals surface area (Å²) in [6.45, 7) is -0.280. The maximum atomic E-state index is 12.5. The number of phosphoric ester groups is 1. The molecule has 3 rings (SSSR count). The monoisotopic (exact) mass is 563 g/mol. The molecule has 0 saturated carbocycles. The van der Waals surface area contributed by atoms with Gasteiger partial charge in [-0.15, -0.1) is 0 Å². The van der Waals surface area contributed by atoms with Crippen molar-refractivity contribution in [2.45, 2.75) is 44.2 Å². The summed E-state index contributed by atoms with van der Waals surface area (Å²) in [7, 11) is -10.8. The largest absolute Gasteiger partial charge is 0.778 e. The minimum Gasteiger partial charge on any atom is -0.778 e. The van der Waals surface area contributed by atoms with Gasteiger partial charge in [-0.05, 0) is 17.2 Å². The average molecular weight is 563 g/mol. The lowest BCUT2D eigenvalue weighted by Crippen LogP contribution is -2.37. The Morgan fingerprint density at radius 2 is 1.92 bits per heavy atom. The Balaban J connectivity index is 1.68. The second kappa shape index (κ2) is 11.5. The molecular formula is C19H23N3O13P2-2. The second-order valence-electron chi connectivity index (χ2n) is 7.99. The van der Waals surface area contributed by atoms with Crippen molar-refractivity contribution in [1.29, 1.82) is 0 Å². The minimum atomic E-state index is -5.57. The number of amides is 1. The molecule has 204 valence electrons. The number of hydrogen-bond acceptors (Lipinski definition) is 13. The summed E-state index contributed by atoms with van der Waals surface area (Å²) in [5.41, 5.74) is -1.43. The van der Waals surface area contributed by atoms with Gasteiger partial charge in [0.25, 0.3) is 13.4 Å². The number of benzene rings is 1. The lowest BCUT2D eigenvalue weighted by molar-refractivity contribution is -0.234. The summed E-state index contributed by atoms with van der Waals surface area (Å²) in [4.78, 5) is 61.1. The van der Waals surface area contributed by atoms with Gasteiger partial charge in [-0.2, -0.15) is 0 Å². The van der Waals surface area contributed by atoms with Crippen molar-refractivity contribution >= 4 is 27.0 Å². The van der Waals surface area contributed by atoms with Crippen LogP contribution in [0.5, 0.6) is 0 Å². The predicted octanol–water partition coefficient (Wildman–Crippen LogP) is -2.14. The van der Waals surface area contributed by atoms with Gasteiger partial charge >= 0.3 is 5.69 Å². The highest BCUT2D eigenvalue weighted by Crippen LogP contribution is 2.57. The number of hydrogen-bond donors (Lipinski definition) is 5. The fraction of sp³-hybridized carbons (Fsp3) is 0.421. The maximum Gasteiger partial charge on any atom is 0.330 e. The summed E-state index contributed by atoms with van der Waals surface area (Å²) < 4.78 is 39.5. The number of aromatic amines is 1. The standard InChI is InChI=1S/C19H25N3O13P2/c1-10(24)20-13-3-2-11(7-23)6-12(13)9-36(29,30)35-37(31,32)33-8-14-16(26)17(27)18(34-14)22-5-4-15(25)21-19(22)28/h2-6,14,16-18,23,26-27H,7-9H2,1H3,(H,20,24)(H,29,30)(H,31,32)(H,21,25,28)/p-2/t14-,16+,17?,18-/m1/s1. The second-order valence-corrected chi connectivity index (χ2v) is 11.3. The van der Waals surface area contributed by atoms with E-state index in [4.69, 9.17) is 4.74 Å². The number of aliphatic hydroxyl groups excluding tert-OH is 3. The molecule has 6 atom stereocenters. The van der Waals surface area contributed by atoms with Crippen LogP contribution < -0.4 is 26.4 Å². The van der Waals surface area contributed by atoms with Crippen LogP contribution in [0.1, 0.15) is 24.3 Å². The fourth-order valence-electron chi connectivity index (χ4n) is 3.49. The van der Waals surface area contributed by atoms with Crippen LogP contribution in [0.2, 0.25) is 0 Å². The van der Waals surface area contributed by atoms with E-state index in [-0.39, 0.29) is 16.8 Å². The van der Waals surface area contributed by atoms with Crippen LogP contribution in [0.15, 0.2) is 40.1 Å². The van der Waals surface area contributed by atoms with Crippen LogP contribution in [-0.4, -0.2) is 55.7 Å². The molecule has 0 spiro atoms. The van der Waals surface area contributed by atoms with Gasteiger partial charge in [-0.3, -0.25) is 28.0 Å². The molecule has 2 aromatic rings. The number of rotatable bonds is 10. The zero-order chi connectivity index (χ0) is 27.5. The number of anilines is 1. The quantitative estimate of drug-likeness (QED) is 0.194. The number of aromatic nitrogens is 2. The Morgan fingerprint density at radius 3 is 2.54 bits per heavy atom. The molecule has 1 aromatic heterocycles. The third kappa shape index (κ3) is 7.52. The van der Waals surface area contributed by atoms with Gasteiger partial charge < -0.3 is 44.2 Å².